The summed E-state index contributed by atoms with van der Waals surface area (Å²) in [7, 11) is 1.45. The van der Waals surface area contributed by atoms with E-state index in [0.29, 0.717) is 15.0 Å². The van der Waals surface area contributed by atoms with Crippen molar-refractivity contribution in [3.05, 3.63) is 15.4 Å². The third-order valence-electron chi connectivity index (χ3n) is 1.23. The van der Waals surface area contributed by atoms with Crippen LogP contribution in [0.5, 0.6) is 0 Å². The van der Waals surface area contributed by atoms with Crippen molar-refractivity contribution < 1.29 is 9.53 Å². The summed E-state index contributed by atoms with van der Waals surface area (Å²) in [4.78, 5) is 19.1. The average molecular weight is 325 g/mol. The molecule has 1 aromatic heterocycles. The fourth-order valence-corrected chi connectivity index (χ4v) is 1.64. The van der Waals surface area contributed by atoms with Crippen LogP contribution in [0.3, 0.4) is 0 Å². The van der Waals surface area contributed by atoms with E-state index in [1.165, 1.54) is 13.3 Å². The van der Waals surface area contributed by atoms with E-state index in [2.05, 4.69) is 51.9 Å². The summed E-state index contributed by atoms with van der Waals surface area (Å²) >= 11 is 6.32. The zero-order valence-corrected chi connectivity index (χ0v) is 10.4. The van der Waals surface area contributed by atoms with Gasteiger partial charge in [-0.05, 0) is 31.9 Å². The number of hydrogen-bond acceptors (Lipinski definition) is 4. The zero-order valence-electron chi connectivity index (χ0n) is 7.25. The highest BCUT2D eigenvalue weighted by Crippen LogP contribution is 2.18. The molecule has 0 radical (unpaired) electrons. The number of anilines is 1. The Morgan fingerprint density at radius 2 is 2.36 bits per heavy atom. The lowest BCUT2D eigenvalue weighted by atomic mass is 10.6. The lowest BCUT2D eigenvalue weighted by Gasteiger charge is -2.04. The van der Waals surface area contributed by atoms with Crippen LogP contribution in [-0.4, -0.2) is 29.6 Å². The maximum atomic E-state index is 11.1. The van der Waals surface area contributed by atoms with E-state index in [9.17, 15) is 4.79 Å². The van der Waals surface area contributed by atoms with Crippen LogP contribution in [0.15, 0.2) is 15.4 Å². The van der Waals surface area contributed by atoms with Gasteiger partial charge in [0.2, 0.25) is 0 Å². The smallest absolute Gasteiger partial charge is 0.251 e. The molecule has 0 unspecified atom stereocenters. The van der Waals surface area contributed by atoms with Crippen LogP contribution < -0.4 is 5.32 Å². The van der Waals surface area contributed by atoms with Crippen LogP contribution in [-0.2, 0) is 9.53 Å². The third-order valence-corrected chi connectivity index (χ3v) is 2.17. The number of nitrogens with zero attached hydrogens (tertiary/aromatic N) is 2. The van der Waals surface area contributed by atoms with E-state index in [1.807, 2.05) is 0 Å². The van der Waals surface area contributed by atoms with Gasteiger partial charge in [0, 0.05) is 7.11 Å². The molecule has 0 aliphatic heterocycles. The van der Waals surface area contributed by atoms with Crippen molar-refractivity contribution >= 4 is 43.6 Å². The van der Waals surface area contributed by atoms with Crippen molar-refractivity contribution in [3.63, 3.8) is 0 Å². The molecule has 1 amide bonds. The van der Waals surface area contributed by atoms with Gasteiger partial charge in [-0.25, -0.2) is 9.97 Å². The van der Waals surface area contributed by atoms with Gasteiger partial charge in [0.1, 0.15) is 15.8 Å². The quantitative estimate of drug-likeness (QED) is 0.917. The van der Waals surface area contributed by atoms with Gasteiger partial charge in [-0.1, -0.05) is 0 Å². The first kappa shape index (κ1) is 11.5. The minimum atomic E-state index is -0.273. The Kier molecular flexibility index (Phi) is 4.43. The molecule has 0 aromatic carbocycles. The van der Waals surface area contributed by atoms with Crippen LogP contribution in [0.1, 0.15) is 0 Å². The molecule has 0 saturated heterocycles. The van der Waals surface area contributed by atoms with E-state index < -0.39 is 0 Å². The summed E-state index contributed by atoms with van der Waals surface area (Å²) in [6.07, 6.45) is 1.49. The van der Waals surface area contributed by atoms with Gasteiger partial charge < -0.3 is 10.1 Å². The molecule has 5 nitrogen and oxygen atoms in total. The van der Waals surface area contributed by atoms with Crippen LogP contribution >= 0.6 is 31.9 Å². The van der Waals surface area contributed by atoms with E-state index in [0.717, 1.165) is 0 Å². The topological polar surface area (TPSA) is 64.1 Å². The van der Waals surface area contributed by atoms with Gasteiger partial charge in [0.15, 0.2) is 5.82 Å². The molecule has 1 aromatic rings. The average Bonchev–Trinajstić information content (AvgIpc) is 2.10. The molecular formula is C7H7Br2N3O2. The number of carbonyl (C=O) groups is 1. The first-order chi connectivity index (χ1) is 6.63. The van der Waals surface area contributed by atoms with E-state index in [1.54, 1.807) is 0 Å². The Labute approximate surface area is 97.5 Å². The molecule has 0 saturated carbocycles. The number of halogens is 2. The first-order valence-corrected chi connectivity index (χ1v) is 5.19. The highest BCUT2D eigenvalue weighted by Gasteiger charge is 2.07. The molecule has 1 heterocycles. The minimum absolute atomic E-state index is 0.00974. The Bertz CT molecular complexity index is 346. The molecule has 0 bridgehead atoms. The fourth-order valence-electron chi connectivity index (χ4n) is 0.730. The highest BCUT2D eigenvalue weighted by molar-refractivity contribution is 9.11. The van der Waals surface area contributed by atoms with Crippen molar-refractivity contribution in [2.24, 2.45) is 0 Å². The van der Waals surface area contributed by atoms with Gasteiger partial charge in [-0.15, -0.1) is 0 Å². The second kappa shape index (κ2) is 5.38. The molecule has 0 aliphatic rings. The summed E-state index contributed by atoms with van der Waals surface area (Å²) in [5.74, 6) is 0.0973. The Hall–Kier alpha value is -0.530. The van der Waals surface area contributed by atoms with Crippen LogP contribution in [0.4, 0.5) is 5.82 Å². The van der Waals surface area contributed by atoms with Crippen molar-refractivity contribution in [1.82, 2.24) is 9.97 Å². The monoisotopic (exact) mass is 323 g/mol. The minimum Gasteiger partial charge on any atom is -0.375 e. The molecule has 76 valence electrons. The second-order valence-electron chi connectivity index (χ2n) is 2.31. The van der Waals surface area contributed by atoms with E-state index >= 15 is 0 Å². The third kappa shape index (κ3) is 3.32. The predicted octanol–water partition coefficient (Wildman–Crippen LogP) is 1.59. The van der Waals surface area contributed by atoms with Gasteiger partial charge in [-0.3, -0.25) is 4.79 Å². The van der Waals surface area contributed by atoms with Crippen LogP contribution in [0.25, 0.3) is 0 Å². The summed E-state index contributed by atoms with van der Waals surface area (Å²) in [6, 6.07) is 0. The fraction of sp³-hybridized carbons (Fsp3) is 0.286. The Morgan fingerprint density at radius 3 is 2.93 bits per heavy atom. The number of hydrogen-bond donors (Lipinski definition) is 1. The zero-order chi connectivity index (χ0) is 10.6. The number of methoxy groups -OCH3 is 1. The lowest BCUT2D eigenvalue weighted by molar-refractivity contribution is -0.119. The summed E-state index contributed by atoms with van der Waals surface area (Å²) in [6.45, 7) is -0.00974. The molecule has 0 spiro atoms. The van der Waals surface area contributed by atoms with Gasteiger partial charge in [0.05, 0.1) is 6.20 Å². The van der Waals surface area contributed by atoms with Gasteiger partial charge >= 0.3 is 0 Å². The van der Waals surface area contributed by atoms with Crippen molar-refractivity contribution in [3.8, 4) is 0 Å². The number of carbonyl (C=O) groups excluding carboxylic acids is 1. The first-order valence-electron chi connectivity index (χ1n) is 3.60. The van der Waals surface area contributed by atoms with Crippen LogP contribution in [0.2, 0.25) is 0 Å². The number of ether oxygens (including phenoxy) is 1. The molecule has 0 atom stereocenters. The molecule has 0 aliphatic carbocycles. The van der Waals surface area contributed by atoms with Crippen molar-refractivity contribution in [2.75, 3.05) is 19.0 Å². The summed E-state index contributed by atoms with van der Waals surface area (Å²) in [5.41, 5.74) is 0. The van der Waals surface area contributed by atoms with Crippen LogP contribution in [0, 0.1) is 0 Å². The normalized spacial score (nSPS) is 9.93. The number of amides is 1. The number of rotatable bonds is 3. The predicted molar refractivity (Wildman–Crippen MR) is 57.9 cm³/mol. The maximum absolute atomic E-state index is 11.1. The maximum Gasteiger partial charge on any atom is 0.251 e. The van der Waals surface area contributed by atoms with Gasteiger partial charge in [-0.2, -0.15) is 0 Å². The molecule has 0 fully saturated rings. The van der Waals surface area contributed by atoms with Gasteiger partial charge in [0.25, 0.3) is 5.91 Å². The SMILES string of the molecule is COCC(=O)Nc1ncc(Br)nc1Br. The summed E-state index contributed by atoms with van der Waals surface area (Å²) < 4.78 is 5.72. The lowest BCUT2D eigenvalue weighted by Crippen LogP contribution is -2.18. The molecule has 14 heavy (non-hydrogen) atoms. The van der Waals surface area contributed by atoms with Crippen molar-refractivity contribution in [1.29, 1.82) is 0 Å². The largest absolute Gasteiger partial charge is 0.375 e. The molecular weight excluding hydrogens is 318 g/mol. The van der Waals surface area contributed by atoms with Crippen molar-refractivity contribution in [2.45, 2.75) is 0 Å². The molecule has 1 rings (SSSR count). The Balaban J connectivity index is 2.72. The van der Waals surface area contributed by atoms with E-state index in [-0.39, 0.29) is 12.5 Å². The second-order valence-corrected chi connectivity index (χ2v) is 3.88. The number of aromatic nitrogens is 2. The van der Waals surface area contributed by atoms with E-state index in [4.69, 9.17) is 0 Å². The number of nitrogens with one attached hydrogen (secondary N) is 1. The Morgan fingerprint density at radius 1 is 1.64 bits per heavy atom. The molecule has 1 N–H and O–H groups in total. The summed E-state index contributed by atoms with van der Waals surface area (Å²) in [5, 5.41) is 2.53. The standard InChI is InChI=1S/C7H7Br2N3O2/c1-14-3-5(13)12-7-6(9)11-4(8)2-10-7/h2H,3H2,1H3,(H,10,12,13). The molecule has 7 heteroatoms. The highest BCUT2D eigenvalue weighted by atomic mass is 79.9.